The number of rotatable bonds is 5. The summed E-state index contributed by atoms with van der Waals surface area (Å²) in [7, 11) is 0. The molecule has 0 saturated carbocycles. The summed E-state index contributed by atoms with van der Waals surface area (Å²) in [6, 6.07) is 6.00. The molecule has 1 heterocycles. The van der Waals surface area contributed by atoms with Gasteiger partial charge in [0.05, 0.1) is 26.2 Å². The molecule has 1 fully saturated rings. The van der Waals surface area contributed by atoms with Gasteiger partial charge in [-0.25, -0.2) is 4.39 Å². The summed E-state index contributed by atoms with van der Waals surface area (Å²) in [6.07, 6.45) is 0.0865. The van der Waals surface area contributed by atoms with Crippen LogP contribution in [0.5, 0.6) is 5.75 Å². The van der Waals surface area contributed by atoms with Crippen molar-refractivity contribution in [2.45, 2.75) is 18.9 Å². The number of carbonyl (C=O) groups is 2. The van der Waals surface area contributed by atoms with E-state index in [2.05, 4.69) is 0 Å². The Bertz CT molecular complexity index is 566. The van der Waals surface area contributed by atoms with Gasteiger partial charge in [-0.3, -0.25) is 9.59 Å². The fourth-order valence-corrected chi connectivity index (χ4v) is 2.20. The summed E-state index contributed by atoms with van der Waals surface area (Å²) in [6.45, 7) is 2.37. The first kappa shape index (κ1) is 16.2. The molecule has 1 aromatic rings. The maximum absolute atomic E-state index is 13.4. The van der Waals surface area contributed by atoms with Crippen molar-refractivity contribution in [1.29, 1.82) is 0 Å². The summed E-state index contributed by atoms with van der Waals surface area (Å²) < 4.78 is 24.0. The van der Waals surface area contributed by atoms with Crippen LogP contribution in [0.25, 0.3) is 0 Å². The monoisotopic (exact) mass is 310 g/mol. The Kier molecular flexibility index (Phi) is 4.97. The quantitative estimate of drug-likeness (QED) is 0.868. The summed E-state index contributed by atoms with van der Waals surface area (Å²) in [5.41, 5.74) is 4.12. The highest BCUT2D eigenvalue weighted by Crippen LogP contribution is 2.19. The minimum Gasteiger partial charge on any atom is -0.490 e. The second-order valence-corrected chi connectivity index (χ2v) is 5.29. The molecule has 7 heteroatoms. The first-order chi connectivity index (χ1) is 10.4. The van der Waals surface area contributed by atoms with Gasteiger partial charge in [0.2, 0.25) is 5.91 Å². The zero-order valence-corrected chi connectivity index (χ0v) is 12.4. The lowest BCUT2D eigenvalue weighted by atomic mass is 10.0. The summed E-state index contributed by atoms with van der Waals surface area (Å²) in [4.78, 5) is 25.0. The third-order valence-electron chi connectivity index (χ3n) is 3.56. The molecule has 1 saturated heterocycles. The predicted molar refractivity (Wildman–Crippen MR) is 76.6 cm³/mol. The van der Waals surface area contributed by atoms with Gasteiger partial charge in [0, 0.05) is 6.54 Å². The molecule has 1 unspecified atom stereocenters. The molecule has 0 aliphatic carbocycles. The van der Waals surface area contributed by atoms with Gasteiger partial charge in [0.25, 0.3) is 5.91 Å². The Morgan fingerprint density at radius 2 is 2.18 bits per heavy atom. The van der Waals surface area contributed by atoms with Gasteiger partial charge in [-0.05, 0) is 19.1 Å². The van der Waals surface area contributed by atoms with E-state index in [4.69, 9.17) is 15.2 Å². The highest BCUT2D eigenvalue weighted by Gasteiger charge is 2.39. The van der Waals surface area contributed by atoms with E-state index in [-0.39, 0.29) is 37.8 Å². The van der Waals surface area contributed by atoms with Gasteiger partial charge in [-0.2, -0.15) is 0 Å². The molecule has 1 aromatic carbocycles. The molecule has 2 rings (SSSR count). The smallest absolute Gasteiger partial charge is 0.251 e. The average molecular weight is 310 g/mol. The Morgan fingerprint density at radius 1 is 1.45 bits per heavy atom. The van der Waals surface area contributed by atoms with Crippen LogP contribution in [0.15, 0.2) is 24.3 Å². The number of amides is 2. The van der Waals surface area contributed by atoms with Crippen LogP contribution in [-0.2, 0) is 14.3 Å². The molecule has 120 valence electrons. The number of primary amides is 1. The largest absolute Gasteiger partial charge is 0.490 e. The van der Waals surface area contributed by atoms with Gasteiger partial charge in [0.15, 0.2) is 17.2 Å². The number of nitrogens with zero attached hydrogens (tertiary/aromatic N) is 1. The first-order valence-electron chi connectivity index (χ1n) is 7.01. The third-order valence-corrected chi connectivity index (χ3v) is 3.56. The molecule has 0 spiro atoms. The maximum atomic E-state index is 13.4. The van der Waals surface area contributed by atoms with Crippen LogP contribution in [-0.4, -0.2) is 48.6 Å². The molecular formula is C15H19FN2O4. The number of hydrogen-bond acceptors (Lipinski definition) is 4. The van der Waals surface area contributed by atoms with Gasteiger partial charge < -0.3 is 20.1 Å². The Balaban J connectivity index is 1.85. The van der Waals surface area contributed by atoms with Crippen LogP contribution >= 0.6 is 0 Å². The first-order valence-corrected chi connectivity index (χ1v) is 7.01. The molecule has 1 atom stereocenters. The van der Waals surface area contributed by atoms with E-state index in [0.29, 0.717) is 6.54 Å². The molecular weight excluding hydrogens is 291 g/mol. The Hall–Kier alpha value is -2.15. The third kappa shape index (κ3) is 3.73. The van der Waals surface area contributed by atoms with Crippen molar-refractivity contribution in [3.63, 3.8) is 0 Å². The van der Waals surface area contributed by atoms with E-state index in [1.165, 1.54) is 17.0 Å². The molecule has 0 aromatic heterocycles. The van der Waals surface area contributed by atoms with Crippen molar-refractivity contribution in [3.8, 4) is 5.75 Å². The predicted octanol–water partition coefficient (Wildman–Crippen LogP) is 0.697. The molecule has 2 amide bonds. The number of carbonyl (C=O) groups excluding carboxylic acids is 2. The number of nitrogens with two attached hydrogens (primary N) is 1. The highest BCUT2D eigenvalue weighted by atomic mass is 19.1. The average Bonchev–Trinajstić information content (AvgIpc) is 2.49. The fraction of sp³-hybridized carbons (Fsp3) is 0.467. The van der Waals surface area contributed by atoms with E-state index in [0.717, 1.165) is 0 Å². The number of benzene rings is 1. The topological polar surface area (TPSA) is 81.9 Å². The van der Waals surface area contributed by atoms with Crippen LogP contribution < -0.4 is 10.5 Å². The zero-order valence-electron chi connectivity index (χ0n) is 12.4. The minimum absolute atomic E-state index is 0.0599. The molecule has 1 aliphatic heterocycles. The standard InChI is InChI=1S/C15H19FN2O4/c1-15(14(17)20)10-18(7-9-22-15)13(19)6-8-21-12-5-3-2-4-11(12)16/h2-5H,6-10H2,1H3,(H2,17,20). The van der Waals surface area contributed by atoms with Crippen molar-refractivity contribution < 1.29 is 23.5 Å². The summed E-state index contributed by atoms with van der Waals surface area (Å²) in [5.74, 6) is -1.15. The number of halogens is 1. The lowest BCUT2D eigenvalue weighted by Gasteiger charge is -2.38. The summed E-state index contributed by atoms with van der Waals surface area (Å²) in [5, 5.41) is 0. The lowest BCUT2D eigenvalue weighted by Crippen LogP contribution is -2.58. The number of para-hydroxylation sites is 1. The molecule has 0 bridgehead atoms. The molecule has 2 N–H and O–H groups in total. The molecule has 0 radical (unpaired) electrons. The van der Waals surface area contributed by atoms with Crippen molar-refractivity contribution in [3.05, 3.63) is 30.1 Å². The SMILES string of the molecule is CC1(C(N)=O)CN(C(=O)CCOc2ccccc2F)CCO1. The van der Waals surface area contributed by atoms with Gasteiger partial charge >= 0.3 is 0 Å². The van der Waals surface area contributed by atoms with Crippen molar-refractivity contribution in [2.24, 2.45) is 5.73 Å². The van der Waals surface area contributed by atoms with Crippen LogP contribution in [0.1, 0.15) is 13.3 Å². The maximum Gasteiger partial charge on any atom is 0.251 e. The number of hydrogen-bond donors (Lipinski definition) is 1. The van der Waals surface area contributed by atoms with Crippen LogP contribution in [0, 0.1) is 5.82 Å². The van der Waals surface area contributed by atoms with E-state index in [1.54, 1.807) is 19.1 Å². The van der Waals surface area contributed by atoms with Gasteiger partial charge in [0.1, 0.15) is 0 Å². The fourth-order valence-electron chi connectivity index (χ4n) is 2.20. The van der Waals surface area contributed by atoms with E-state index < -0.39 is 17.3 Å². The number of ether oxygens (including phenoxy) is 2. The molecule has 22 heavy (non-hydrogen) atoms. The van der Waals surface area contributed by atoms with Gasteiger partial charge in [-0.1, -0.05) is 12.1 Å². The normalized spacial score (nSPS) is 21.5. The number of morpholine rings is 1. The Labute approximate surface area is 128 Å². The van der Waals surface area contributed by atoms with Crippen molar-refractivity contribution >= 4 is 11.8 Å². The van der Waals surface area contributed by atoms with Crippen LogP contribution in [0.3, 0.4) is 0 Å². The highest BCUT2D eigenvalue weighted by molar-refractivity contribution is 5.85. The van der Waals surface area contributed by atoms with Crippen LogP contribution in [0.4, 0.5) is 4.39 Å². The summed E-state index contributed by atoms with van der Waals surface area (Å²) >= 11 is 0. The van der Waals surface area contributed by atoms with Crippen molar-refractivity contribution in [1.82, 2.24) is 4.90 Å². The van der Waals surface area contributed by atoms with E-state index in [9.17, 15) is 14.0 Å². The van der Waals surface area contributed by atoms with Gasteiger partial charge in [-0.15, -0.1) is 0 Å². The van der Waals surface area contributed by atoms with E-state index in [1.807, 2.05) is 0 Å². The zero-order chi connectivity index (χ0) is 16.2. The van der Waals surface area contributed by atoms with Crippen molar-refractivity contribution in [2.75, 3.05) is 26.3 Å². The minimum atomic E-state index is -1.17. The lowest BCUT2D eigenvalue weighted by molar-refractivity contribution is -0.160. The molecule has 1 aliphatic rings. The second-order valence-electron chi connectivity index (χ2n) is 5.29. The Morgan fingerprint density at radius 3 is 2.86 bits per heavy atom. The molecule has 6 nitrogen and oxygen atoms in total. The van der Waals surface area contributed by atoms with E-state index >= 15 is 0 Å². The van der Waals surface area contributed by atoms with Crippen LogP contribution in [0.2, 0.25) is 0 Å². The second kappa shape index (κ2) is 6.74.